The Hall–Kier alpha value is -3.09. The Morgan fingerprint density at radius 3 is 2.58 bits per heavy atom. The summed E-state index contributed by atoms with van der Waals surface area (Å²) in [4.78, 5) is 27.6. The molecule has 1 unspecified atom stereocenters. The fourth-order valence-corrected chi connectivity index (χ4v) is 2.20. The van der Waals surface area contributed by atoms with Crippen LogP contribution in [0.1, 0.15) is 5.69 Å². The minimum absolute atomic E-state index is 0.185. The summed E-state index contributed by atoms with van der Waals surface area (Å²) in [6, 6.07) is 12.7. The second-order valence-corrected chi connectivity index (χ2v) is 5.21. The fourth-order valence-electron chi connectivity index (χ4n) is 2.20. The molecule has 0 saturated heterocycles. The highest BCUT2D eigenvalue weighted by atomic mass is 16.6. The van der Waals surface area contributed by atoms with Crippen LogP contribution in [0.3, 0.4) is 0 Å². The molecule has 0 fully saturated rings. The number of nitrogens with zero attached hydrogens (tertiary/aromatic N) is 1. The van der Waals surface area contributed by atoms with Crippen molar-refractivity contribution in [2.45, 2.75) is 12.6 Å². The van der Waals surface area contributed by atoms with Gasteiger partial charge in [-0.1, -0.05) is 18.2 Å². The Balaban J connectivity index is 1.43. The average molecular weight is 327 g/mol. The van der Waals surface area contributed by atoms with E-state index >= 15 is 0 Å². The summed E-state index contributed by atoms with van der Waals surface area (Å²) in [5, 5.41) is 5.06. The number of pyridine rings is 1. The van der Waals surface area contributed by atoms with Gasteiger partial charge in [-0.05, 0) is 24.3 Å². The van der Waals surface area contributed by atoms with E-state index in [0.717, 1.165) is 0 Å². The molecule has 0 aliphatic carbocycles. The van der Waals surface area contributed by atoms with Gasteiger partial charge in [0.2, 0.25) is 0 Å². The van der Waals surface area contributed by atoms with Gasteiger partial charge in [0.15, 0.2) is 11.5 Å². The third kappa shape index (κ3) is 4.01. The number of fused-ring (bicyclic) bond motifs is 1. The number of hydrogen-bond donors (Lipinski definition) is 2. The minimum atomic E-state index is -0.714. The molecule has 3 rings (SSSR count). The average Bonchev–Trinajstić information content (AvgIpc) is 2.64. The zero-order valence-corrected chi connectivity index (χ0v) is 12.9. The zero-order chi connectivity index (χ0) is 16.8. The molecule has 0 spiro atoms. The van der Waals surface area contributed by atoms with E-state index in [1.54, 1.807) is 24.4 Å². The van der Waals surface area contributed by atoms with E-state index in [0.29, 0.717) is 23.8 Å². The summed E-state index contributed by atoms with van der Waals surface area (Å²) in [6.07, 6.45) is 1.28. The van der Waals surface area contributed by atoms with Crippen LogP contribution in [0.2, 0.25) is 0 Å². The molecule has 1 aliphatic heterocycles. The van der Waals surface area contributed by atoms with Crippen LogP contribution < -0.4 is 20.1 Å². The maximum Gasteiger partial charge on any atom is 0.309 e. The molecule has 2 amide bonds. The summed E-state index contributed by atoms with van der Waals surface area (Å²) >= 11 is 0. The normalized spacial score (nSPS) is 15.4. The van der Waals surface area contributed by atoms with Crippen molar-refractivity contribution < 1.29 is 19.1 Å². The Morgan fingerprint density at radius 2 is 1.79 bits per heavy atom. The number of aromatic nitrogens is 1. The van der Waals surface area contributed by atoms with Crippen molar-refractivity contribution in [2.75, 3.05) is 13.2 Å². The van der Waals surface area contributed by atoms with Crippen LogP contribution in [0, 0.1) is 0 Å². The summed E-state index contributed by atoms with van der Waals surface area (Å²) in [7, 11) is 0. The van der Waals surface area contributed by atoms with Crippen molar-refractivity contribution in [2.24, 2.45) is 0 Å². The van der Waals surface area contributed by atoms with Crippen molar-refractivity contribution in [1.29, 1.82) is 0 Å². The van der Waals surface area contributed by atoms with Crippen LogP contribution in [0.25, 0.3) is 0 Å². The maximum atomic E-state index is 11.8. The topological polar surface area (TPSA) is 89.6 Å². The lowest BCUT2D eigenvalue weighted by Crippen LogP contribution is -2.45. The second kappa shape index (κ2) is 7.45. The Morgan fingerprint density at radius 1 is 1.04 bits per heavy atom. The third-order valence-electron chi connectivity index (χ3n) is 3.42. The lowest BCUT2D eigenvalue weighted by Gasteiger charge is -2.26. The summed E-state index contributed by atoms with van der Waals surface area (Å²) in [5.74, 6) is -0.123. The van der Waals surface area contributed by atoms with E-state index in [4.69, 9.17) is 9.47 Å². The van der Waals surface area contributed by atoms with Crippen LogP contribution in [0.5, 0.6) is 11.5 Å². The summed E-state index contributed by atoms with van der Waals surface area (Å²) in [6.45, 7) is 0.695. The summed E-state index contributed by atoms with van der Waals surface area (Å²) in [5.41, 5.74) is 0.680. The van der Waals surface area contributed by atoms with Crippen molar-refractivity contribution >= 4 is 11.8 Å². The third-order valence-corrected chi connectivity index (χ3v) is 3.42. The molecule has 2 aromatic rings. The van der Waals surface area contributed by atoms with Gasteiger partial charge in [0.1, 0.15) is 12.7 Å². The van der Waals surface area contributed by atoms with E-state index in [-0.39, 0.29) is 19.2 Å². The summed E-state index contributed by atoms with van der Waals surface area (Å²) < 4.78 is 11.3. The van der Waals surface area contributed by atoms with Crippen LogP contribution in [-0.2, 0) is 16.1 Å². The quantitative estimate of drug-likeness (QED) is 0.805. The van der Waals surface area contributed by atoms with Gasteiger partial charge < -0.3 is 20.1 Å². The van der Waals surface area contributed by atoms with Crippen molar-refractivity contribution in [3.05, 3.63) is 54.4 Å². The fraction of sp³-hybridized carbons (Fsp3) is 0.235. The predicted molar refractivity (Wildman–Crippen MR) is 85.4 cm³/mol. The molecule has 124 valence electrons. The van der Waals surface area contributed by atoms with E-state index < -0.39 is 11.8 Å². The Kier molecular flexibility index (Phi) is 4.90. The second-order valence-electron chi connectivity index (χ2n) is 5.21. The number of ether oxygens (including phenoxy) is 2. The number of nitrogens with one attached hydrogen (secondary N) is 2. The molecular weight excluding hydrogens is 310 g/mol. The molecular formula is C17H17N3O4. The largest absolute Gasteiger partial charge is 0.486 e. The molecule has 0 bridgehead atoms. The Bertz CT molecular complexity index is 721. The van der Waals surface area contributed by atoms with Gasteiger partial charge in [0.25, 0.3) is 0 Å². The first-order valence-corrected chi connectivity index (χ1v) is 7.57. The number of amides is 2. The lowest BCUT2D eigenvalue weighted by molar-refractivity contribution is -0.139. The van der Waals surface area contributed by atoms with E-state index in [9.17, 15) is 9.59 Å². The number of benzene rings is 1. The lowest BCUT2D eigenvalue weighted by atomic mass is 10.2. The van der Waals surface area contributed by atoms with Gasteiger partial charge in [0, 0.05) is 6.20 Å². The highest BCUT2D eigenvalue weighted by Crippen LogP contribution is 2.30. The van der Waals surface area contributed by atoms with Crippen molar-refractivity contribution in [3.8, 4) is 11.5 Å². The predicted octanol–water partition coefficient (Wildman–Crippen LogP) is 0.654. The SMILES string of the molecule is O=C(NCc1ccccn1)C(=O)NCC1COc2ccccc2O1. The van der Waals surface area contributed by atoms with Crippen LogP contribution in [0.4, 0.5) is 0 Å². The molecule has 0 radical (unpaired) electrons. The van der Waals surface area contributed by atoms with Gasteiger partial charge in [0.05, 0.1) is 18.8 Å². The smallest absolute Gasteiger partial charge is 0.309 e. The van der Waals surface area contributed by atoms with E-state index in [1.807, 2.05) is 24.3 Å². The zero-order valence-electron chi connectivity index (χ0n) is 12.9. The van der Waals surface area contributed by atoms with Crippen molar-refractivity contribution in [3.63, 3.8) is 0 Å². The van der Waals surface area contributed by atoms with Gasteiger partial charge in [-0.3, -0.25) is 14.6 Å². The molecule has 1 aliphatic rings. The van der Waals surface area contributed by atoms with Crippen LogP contribution in [0.15, 0.2) is 48.7 Å². The van der Waals surface area contributed by atoms with Gasteiger partial charge in [-0.25, -0.2) is 0 Å². The monoisotopic (exact) mass is 327 g/mol. The van der Waals surface area contributed by atoms with E-state index in [1.165, 1.54) is 0 Å². The number of hydrogen-bond acceptors (Lipinski definition) is 5. The van der Waals surface area contributed by atoms with E-state index in [2.05, 4.69) is 15.6 Å². The highest BCUT2D eigenvalue weighted by molar-refractivity contribution is 6.35. The first-order valence-electron chi connectivity index (χ1n) is 7.57. The molecule has 1 atom stereocenters. The molecule has 2 N–H and O–H groups in total. The Labute approximate surface area is 139 Å². The maximum absolute atomic E-state index is 11.8. The first-order chi connectivity index (χ1) is 11.7. The first kappa shape index (κ1) is 15.8. The molecule has 2 heterocycles. The standard InChI is InChI=1S/C17H17N3O4/c21-16(19-9-12-5-3-4-8-18-12)17(22)20-10-13-11-23-14-6-1-2-7-15(14)24-13/h1-8,13H,9-11H2,(H,19,21)(H,20,22). The number of rotatable bonds is 4. The number of carbonyl (C=O) groups excluding carboxylic acids is 2. The van der Waals surface area contributed by atoms with Gasteiger partial charge >= 0.3 is 11.8 Å². The molecule has 1 aromatic heterocycles. The van der Waals surface area contributed by atoms with Crippen LogP contribution in [-0.4, -0.2) is 36.1 Å². The molecule has 7 nitrogen and oxygen atoms in total. The highest BCUT2D eigenvalue weighted by Gasteiger charge is 2.22. The molecule has 7 heteroatoms. The molecule has 1 aromatic carbocycles. The van der Waals surface area contributed by atoms with Crippen LogP contribution >= 0.6 is 0 Å². The molecule has 0 saturated carbocycles. The van der Waals surface area contributed by atoms with Crippen molar-refractivity contribution in [1.82, 2.24) is 15.6 Å². The number of para-hydroxylation sites is 2. The van der Waals surface area contributed by atoms with Gasteiger partial charge in [-0.2, -0.15) is 0 Å². The molecule has 24 heavy (non-hydrogen) atoms. The number of carbonyl (C=O) groups is 2. The van der Waals surface area contributed by atoms with Gasteiger partial charge in [-0.15, -0.1) is 0 Å². The minimum Gasteiger partial charge on any atom is -0.486 e.